The van der Waals surface area contributed by atoms with Crippen LogP contribution in [0.2, 0.25) is 0 Å². The Kier molecular flexibility index (Phi) is 5.85. The number of benzene rings is 1. The molecule has 3 N–H and O–H groups in total. The predicted molar refractivity (Wildman–Crippen MR) is 76.0 cm³/mol. The summed E-state index contributed by atoms with van der Waals surface area (Å²) in [4.78, 5) is 15.7. The van der Waals surface area contributed by atoms with Crippen LogP contribution >= 0.6 is 0 Å². The van der Waals surface area contributed by atoms with Crippen LogP contribution in [0, 0.1) is 0 Å². The number of carbonyl (C=O) groups is 1. The zero-order valence-electron chi connectivity index (χ0n) is 11.6. The summed E-state index contributed by atoms with van der Waals surface area (Å²) in [5.74, 6) is 0.114. The van der Waals surface area contributed by atoms with Crippen molar-refractivity contribution in [2.75, 3.05) is 6.61 Å². The first-order valence-electron chi connectivity index (χ1n) is 6.35. The van der Waals surface area contributed by atoms with Gasteiger partial charge in [0.25, 0.3) is 0 Å². The first-order chi connectivity index (χ1) is 9.02. The summed E-state index contributed by atoms with van der Waals surface area (Å²) in [7, 11) is 0. The molecule has 0 radical (unpaired) electrons. The van der Waals surface area contributed by atoms with Crippen LogP contribution in [0.1, 0.15) is 36.7 Å². The molecule has 5 heteroatoms. The standard InChI is InChI=1S/C14H21N3O2/c1-4-19-13(18)12-7-5-11(6-8-12)9-16-14(15)17-10(2)3/h5-8,10H,4,9H2,1-3H3,(H3,15,16,17). The van der Waals surface area contributed by atoms with E-state index in [1.807, 2.05) is 26.0 Å². The highest BCUT2D eigenvalue weighted by Crippen LogP contribution is 2.07. The zero-order chi connectivity index (χ0) is 14.3. The van der Waals surface area contributed by atoms with Gasteiger partial charge in [0.2, 0.25) is 0 Å². The van der Waals surface area contributed by atoms with Gasteiger partial charge in [0.15, 0.2) is 5.96 Å². The van der Waals surface area contributed by atoms with Crippen LogP contribution in [0.5, 0.6) is 0 Å². The number of hydrogen-bond donors (Lipinski definition) is 2. The SMILES string of the molecule is CCOC(=O)c1ccc(CN=C(N)NC(C)C)cc1. The molecular weight excluding hydrogens is 242 g/mol. The molecule has 0 spiro atoms. The van der Waals surface area contributed by atoms with E-state index in [1.54, 1.807) is 19.1 Å². The molecule has 0 atom stereocenters. The molecular formula is C14H21N3O2. The van der Waals surface area contributed by atoms with Gasteiger partial charge >= 0.3 is 5.97 Å². The van der Waals surface area contributed by atoms with Crippen LogP contribution in [0.25, 0.3) is 0 Å². The van der Waals surface area contributed by atoms with Gasteiger partial charge in [-0.25, -0.2) is 9.79 Å². The second kappa shape index (κ2) is 7.41. The first-order valence-corrected chi connectivity index (χ1v) is 6.35. The number of carbonyl (C=O) groups excluding carboxylic acids is 1. The Morgan fingerprint density at radius 1 is 1.37 bits per heavy atom. The first kappa shape index (κ1) is 15.0. The largest absolute Gasteiger partial charge is 0.462 e. The van der Waals surface area contributed by atoms with E-state index in [0.29, 0.717) is 24.7 Å². The molecule has 1 rings (SSSR count). The Morgan fingerprint density at radius 2 is 2.00 bits per heavy atom. The molecule has 19 heavy (non-hydrogen) atoms. The van der Waals surface area contributed by atoms with Crippen LogP contribution in [0.4, 0.5) is 0 Å². The summed E-state index contributed by atoms with van der Waals surface area (Å²) in [6.45, 7) is 6.63. The molecule has 0 aliphatic carbocycles. The third-order valence-electron chi connectivity index (χ3n) is 2.33. The van der Waals surface area contributed by atoms with Crippen molar-refractivity contribution in [3.63, 3.8) is 0 Å². The van der Waals surface area contributed by atoms with Gasteiger partial charge in [-0.15, -0.1) is 0 Å². The molecule has 5 nitrogen and oxygen atoms in total. The highest BCUT2D eigenvalue weighted by molar-refractivity contribution is 5.89. The normalized spacial score (nSPS) is 11.5. The number of rotatable bonds is 5. The maximum atomic E-state index is 11.5. The summed E-state index contributed by atoms with van der Waals surface area (Å²) in [6, 6.07) is 7.41. The van der Waals surface area contributed by atoms with Gasteiger partial charge in [0.1, 0.15) is 0 Å². The maximum Gasteiger partial charge on any atom is 0.338 e. The van der Waals surface area contributed by atoms with Crippen molar-refractivity contribution >= 4 is 11.9 Å². The quantitative estimate of drug-likeness (QED) is 0.481. The van der Waals surface area contributed by atoms with Gasteiger partial charge in [-0.1, -0.05) is 12.1 Å². The molecule has 0 aliphatic heterocycles. The summed E-state index contributed by atoms with van der Waals surface area (Å²) in [5.41, 5.74) is 7.24. The number of nitrogens with zero attached hydrogens (tertiary/aromatic N) is 1. The minimum atomic E-state index is -0.307. The van der Waals surface area contributed by atoms with Crippen LogP contribution in [0.15, 0.2) is 29.3 Å². The van der Waals surface area contributed by atoms with E-state index in [4.69, 9.17) is 10.5 Å². The molecule has 1 aromatic carbocycles. The van der Waals surface area contributed by atoms with E-state index in [2.05, 4.69) is 10.3 Å². The number of ether oxygens (including phenoxy) is 1. The molecule has 0 amide bonds. The van der Waals surface area contributed by atoms with Crippen molar-refractivity contribution in [1.82, 2.24) is 5.32 Å². The van der Waals surface area contributed by atoms with Gasteiger partial charge in [0.05, 0.1) is 18.7 Å². The van der Waals surface area contributed by atoms with Crippen molar-refractivity contribution in [2.24, 2.45) is 10.7 Å². The summed E-state index contributed by atoms with van der Waals surface area (Å²) < 4.78 is 4.91. The molecule has 0 unspecified atom stereocenters. The minimum Gasteiger partial charge on any atom is -0.462 e. The van der Waals surface area contributed by atoms with E-state index in [1.165, 1.54) is 0 Å². The van der Waals surface area contributed by atoms with E-state index < -0.39 is 0 Å². The third kappa shape index (κ3) is 5.42. The van der Waals surface area contributed by atoms with Gasteiger partial charge in [0, 0.05) is 6.04 Å². The zero-order valence-corrected chi connectivity index (χ0v) is 11.6. The number of aliphatic imine (C=N–C) groups is 1. The molecule has 0 bridgehead atoms. The van der Waals surface area contributed by atoms with Crippen molar-refractivity contribution in [3.8, 4) is 0 Å². The summed E-state index contributed by atoms with van der Waals surface area (Å²) >= 11 is 0. The fourth-order valence-corrected chi connectivity index (χ4v) is 1.48. The van der Waals surface area contributed by atoms with Crippen LogP contribution in [-0.2, 0) is 11.3 Å². The van der Waals surface area contributed by atoms with Gasteiger partial charge < -0.3 is 15.8 Å². The van der Waals surface area contributed by atoms with Crippen molar-refractivity contribution in [3.05, 3.63) is 35.4 Å². The molecule has 0 fully saturated rings. The Bertz CT molecular complexity index is 439. The Hall–Kier alpha value is -2.04. The minimum absolute atomic E-state index is 0.259. The lowest BCUT2D eigenvalue weighted by molar-refractivity contribution is 0.0526. The van der Waals surface area contributed by atoms with E-state index in [9.17, 15) is 4.79 Å². The van der Waals surface area contributed by atoms with Crippen molar-refractivity contribution < 1.29 is 9.53 Å². The lowest BCUT2D eigenvalue weighted by atomic mass is 10.1. The number of hydrogen-bond acceptors (Lipinski definition) is 3. The van der Waals surface area contributed by atoms with Crippen LogP contribution in [-0.4, -0.2) is 24.6 Å². The van der Waals surface area contributed by atoms with Crippen LogP contribution in [0.3, 0.4) is 0 Å². The molecule has 0 heterocycles. The van der Waals surface area contributed by atoms with Gasteiger partial charge in [-0.3, -0.25) is 0 Å². The predicted octanol–water partition coefficient (Wildman–Crippen LogP) is 1.68. The summed E-state index contributed by atoms with van der Waals surface area (Å²) in [6.07, 6.45) is 0. The number of guanidine groups is 1. The van der Waals surface area contributed by atoms with E-state index in [-0.39, 0.29) is 12.0 Å². The van der Waals surface area contributed by atoms with Gasteiger partial charge in [-0.2, -0.15) is 0 Å². The van der Waals surface area contributed by atoms with Crippen LogP contribution < -0.4 is 11.1 Å². The lowest BCUT2D eigenvalue weighted by Crippen LogP contribution is -2.36. The fourth-order valence-electron chi connectivity index (χ4n) is 1.48. The molecule has 0 aliphatic rings. The highest BCUT2D eigenvalue weighted by atomic mass is 16.5. The Labute approximate surface area is 113 Å². The second-order valence-corrected chi connectivity index (χ2v) is 4.42. The van der Waals surface area contributed by atoms with Crippen molar-refractivity contribution in [1.29, 1.82) is 0 Å². The molecule has 0 aromatic heterocycles. The Morgan fingerprint density at radius 3 is 2.53 bits per heavy atom. The monoisotopic (exact) mass is 263 g/mol. The second-order valence-electron chi connectivity index (χ2n) is 4.42. The molecule has 104 valence electrons. The topological polar surface area (TPSA) is 76.7 Å². The van der Waals surface area contributed by atoms with E-state index >= 15 is 0 Å². The lowest BCUT2D eigenvalue weighted by Gasteiger charge is -2.08. The fraction of sp³-hybridized carbons (Fsp3) is 0.429. The number of nitrogens with one attached hydrogen (secondary N) is 1. The molecule has 1 aromatic rings. The average Bonchev–Trinajstić information content (AvgIpc) is 2.36. The Balaban J connectivity index is 2.60. The third-order valence-corrected chi connectivity index (χ3v) is 2.33. The van der Waals surface area contributed by atoms with E-state index in [0.717, 1.165) is 5.56 Å². The molecule has 0 saturated carbocycles. The summed E-state index contributed by atoms with van der Waals surface area (Å²) in [5, 5.41) is 3.01. The smallest absolute Gasteiger partial charge is 0.338 e. The number of esters is 1. The number of nitrogens with two attached hydrogens (primary N) is 1. The average molecular weight is 263 g/mol. The maximum absolute atomic E-state index is 11.5. The molecule has 0 saturated heterocycles. The van der Waals surface area contributed by atoms with Crippen molar-refractivity contribution in [2.45, 2.75) is 33.4 Å². The highest BCUT2D eigenvalue weighted by Gasteiger charge is 2.05. The van der Waals surface area contributed by atoms with Gasteiger partial charge in [-0.05, 0) is 38.5 Å².